The summed E-state index contributed by atoms with van der Waals surface area (Å²) < 4.78 is 55.2. The number of aromatic nitrogens is 4. The van der Waals surface area contributed by atoms with Gasteiger partial charge in [-0.1, -0.05) is 18.2 Å². The van der Waals surface area contributed by atoms with Crippen molar-refractivity contribution in [1.29, 1.82) is 0 Å². The van der Waals surface area contributed by atoms with Crippen molar-refractivity contribution < 1.29 is 17.6 Å². The molecule has 30 heavy (non-hydrogen) atoms. The lowest BCUT2D eigenvalue weighted by Crippen LogP contribution is -2.08. The molecule has 0 unspecified atom stereocenters. The predicted molar refractivity (Wildman–Crippen MR) is 107 cm³/mol. The van der Waals surface area contributed by atoms with Crippen LogP contribution in [0.3, 0.4) is 0 Å². The molecule has 2 heterocycles. The van der Waals surface area contributed by atoms with E-state index >= 15 is 0 Å². The Morgan fingerprint density at radius 3 is 2.63 bits per heavy atom. The Balaban J connectivity index is 1.66. The van der Waals surface area contributed by atoms with Gasteiger partial charge < -0.3 is 9.13 Å². The second-order valence-electron chi connectivity index (χ2n) is 7.10. The summed E-state index contributed by atoms with van der Waals surface area (Å²) in [5.41, 5.74) is 2.80. The first-order valence-corrected chi connectivity index (χ1v) is 9.66. The van der Waals surface area contributed by atoms with Crippen LogP contribution in [-0.2, 0) is 19.5 Å². The van der Waals surface area contributed by atoms with E-state index in [1.54, 1.807) is 36.7 Å². The van der Waals surface area contributed by atoms with Gasteiger partial charge in [-0.05, 0) is 43.2 Å². The molecule has 0 atom stereocenters. The average Bonchev–Trinajstić information content (AvgIpc) is 3.29. The molecule has 0 aliphatic rings. The molecule has 2 aromatic carbocycles. The summed E-state index contributed by atoms with van der Waals surface area (Å²) in [6.07, 6.45) is -1.66. The molecule has 4 nitrogen and oxygen atoms in total. The number of benzene rings is 2. The Labute approximate surface area is 170 Å². The minimum absolute atomic E-state index is 0.0704. The van der Waals surface area contributed by atoms with Gasteiger partial charge in [0.1, 0.15) is 17.5 Å². The van der Waals surface area contributed by atoms with Crippen LogP contribution in [0.1, 0.15) is 24.7 Å². The normalized spacial score (nSPS) is 12.0. The maximum absolute atomic E-state index is 13.6. The summed E-state index contributed by atoms with van der Waals surface area (Å²) in [5.74, 6) is 1.04. The lowest BCUT2D eigenvalue weighted by molar-refractivity contribution is -0.133. The van der Waals surface area contributed by atoms with Crippen LogP contribution >= 0.6 is 0 Å². The third-order valence-corrected chi connectivity index (χ3v) is 5.02. The van der Waals surface area contributed by atoms with Crippen LogP contribution in [0, 0.1) is 5.82 Å². The Morgan fingerprint density at radius 2 is 1.90 bits per heavy atom. The molecule has 0 saturated heterocycles. The van der Waals surface area contributed by atoms with Crippen LogP contribution in [0.2, 0.25) is 0 Å². The van der Waals surface area contributed by atoms with E-state index in [0.717, 1.165) is 11.3 Å². The Kier molecular flexibility index (Phi) is 5.32. The zero-order valence-electron chi connectivity index (χ0n) is 16.3. The summed E-state index contributed by atoms with van der Waals surface area (Å²) in [5, 5.41) is 0. The molecule has 8 heteroatoms. The first-order valence-electron chi connectivity index (χ1n) is 9.66. The Morgan fingerprint density at radius 1 is 1.07 bits per heavy atom. The molecule has 0 saturated carbocycles. The second-order valence-corrected chi connectivity index (χ2v) is 7.10. The van der Waals surface area contributed by atoms with Crippen LogP contribution < -0.4 is 0 Å². The highest BCUT2D eigenvalue weighted by molar-refractivity contribution is 5.77. The molecule has 0 aliphatic heterocycles. The van der Waals surface area contributed by atoms with E-state index < -0.39 is 12.6 Å². The number of aryl methyl sites for hydroxylation is 2. The van der Waals surface area contributed by atoms with Crippen LogP contribution in [-0.4, -0.2) is 25.3 Å². The monoisotopic (exact) mass is 416 g/mol. The molecule has 0 fully saturated rings. The summed E-state index contributed by atoms with van der Waals surface area (Å²) >= 11 is 0. The van der Waals surface area contributed by atoms with Gasteiger partial charge >= 0.3 is 6.18 Å². The van der Waals surface area contributed by atoms with Gasteiger partial charge in [0.25, 0.3) is 0 Å². The smallest absolute Gasteiger partial charge is 0.327 e. The van der Waals surface area contributed by atoms with Crippen molar-refractivity contribution in [2.75, 3.05) is 0 Å². The number of halogens is 4. The van der Waals surface area contributed by atoms with Crippen molar-refractivity contribution in [2.45, 2.75) is 39.0 Å². The zero-order chi connectivity index (χ0) is 21.3. The first kappa shape index (κ1) is 20.1. The van der Waals surface area contributed by atoms with Crippen molar-refractivity contribution in [2.24, 2.45) is 0 Å². The van der Waals surface area contributed by atoms with E-state index in [1.807, 2.05) is 22.1 Å². The lowest BCUT2D eigenvalue weighted by Gasteiger charge is -2.10. The standard InChI is InChI=1S/C22H20F4N4/c1-2-30-19-7-6-15(8-9-22(24,25)26)12-18(19)28-20(30)14-29-11-10-27-21(29)16-4-3-5-17(23)13-16/h3-7,10-13H,2,8-9,14H2,1H3. The number of hydrogen-bond donors (Lipinski definition) is 0. The molecule has 0 N–H and O–H groups in total. The number of imidazole rings is 2. The van der Waals surface area contributed by atoms with E-state index in [9.17, 15) is 17.6 Å². The third-order valence-electron chi connectivity index (χ3n) is 5.02. The van der Waals surface area contributed by atoms with Crippen molar-refractivity contribution in [3.63, 3.8) is 0 Å². The molecule has 0 bridgehead atoms. The SMILES string of the molecule is CCn1c(Cn2ccnc2-c2cccc(F)c2)nc2cc(CCC(F)(F)F)ccc21. The van der Waals surface area contributed by atoms with E-state index in [1.165, 1.54) is 12.1 Å². The molecule has 0 amide bonds. The molecule has 2 aromatic heterocycles. The number of rotatable bonds is 6. The molecule has 156 valence electrons. The van der Waals surface area contributed by atoms with Gasteiger partial charge in [0.2, 0.25) is 0 Å². The van der Waals surface area contributed by atoms with Gasteiger partial charge in [0.05, 0.1) is 17.6 Å². The highest BCUT2D eigenvalue weighted by Crippen LogP contribution is 2.25. The van der Waals surface area contributed by atoms with Gasteiger partial charge in [0.15, 0.2) is 0 Å². The van der Waals surface area contributed by atoms with E-state index in [-0.39, 0.29) is 12.2 Å². The quantitative estimate of drug-likeness (QED) is 0.384. The van der Waals surface area contributed by atoms with Crippen molar-refractivity contribution >= 4 is 11.0 Å². The van der Waals surface area contributed by atoms with Crippen molar-refractivity contribution in [3.8, 4) is 11.4 Å². The summed E-state index contributed by atoms with van der Waals surface area (Å²) in [6, 6.07) is 11.5. The largest absolute Gasteiger partial charge is 0.389 e. The second kappa shape index (κ2) is 7.93. The topological polar surface area (TPSA) is 35.6 Å². The summed E-state index contributed by atoms with van der Waals surface area (Å²) in [7, 11) is 0. The van der Waals surface area contributed by atoms with Crippen LogP contribution in [0.4, 0.5) is 17.6 Å². The van der Waals surface area contributed by atoms with E-state index in [4.69, 9.17) is 0 Å². The number of hydrogen-bond acceptors (Lipinski definition) is 2. The number of nitrogens with zero attached hydrogens (tertiary/aromatic N) is 4. The van der Waals surface area contributed by atoms with Crippen LogP contribution in [0.25, 0.3) is 22.4 Å². The zero-order valence-corrected chi connectivity index (χ0v) is 16.3. The number of fused-ring (bicyclic) bond motifs is 1. The van der Waals surface area contributed by atoms with E-state index in [0.29, 0.717) is 35.6 Å². The fourth-order valence-corrected chi connectivity index (χ4v) is 3.62. The average molecular weight is 416 g/mol. The van der Waals surface area contributed by atoms with Gasteiger partial charge in [-0.2, -0.15) is 13.2 Å². The molecule has 0 spiro atoms. The minimum Gasteiger partial charge on any atom is -0.327 e. The van der Waals surface area contributed by atoms with Gasteiger partial charge in [-0.15, -0.1) is 0 Å². The number of alkyl halides is 3. The van der Waals surface area contributed by atoms with E-state index in [2.05, 4.69) is 9.97 Å². The molecular formula is C22H20F4N4. The summed E-state index contributed by atoms with van der Waals surface area (Å²) in [4.78, 5) is 9.02. The molecule has 0 aliphatic carbocycles. The first-order chi connectivity index (χ1) is 14.3. The molecule has 4 aromatic rings. The molecular weight excluding hydrogens is 396 g/mol. The van der Waals surface area contributed by atoms with Gasteiger partial charge in [0, 0.05) is 30.9 Å². The summed E-state index contributed by atoms with van der Waals surface area (Å²) in [6.45, 7) is 3.06. The maximum atomic E-state index is 13.6. The van der Waals surface area contributed by atoms with Crippen molar-refractivity contribution in [1.82, 2.24) is 19.1 Å². The van der Waals surface area contributed by atoms with Crippen molar-refractivity contribution in [3.05, 3.63) is 72.1 Å². The maximum Gasteiger partial charge on any atom is 0.389 e. The third kappa shape index (κ3) is 4.22. The Bertz CT molecular complexity index is 1170. The van der Waals surface area contributed by atoms with Crippen LogP contribution in [0.15, 0.2) is 54.9 Å². The lowest BCUT2D eigenvalue weighted by atomic mass is 10.1. The highest BCUT2D eigenvalue weighted by atomic mass is 19.4. The minimum atomic E-state index is -4.18. The van der Waals surface area contributed by atoms with Gasteiger partial charge in [-0.3, -0.25) is 0 Å². The molecule has 0 radical (unpaired) electrons. The van der Waals surface area contributed by atoms with Gasteiger partial charge in [-0.25, -0.2) is 14.4 Å². The highest BCUT2D eigenvalue weighted by Gasteiger charge is 2.26. The fourth-order valence-electron chi connectivity index (χ4n) is 3.62. The molecule has 4 rings (SSSR count). The predicted octanol–water partition coefficient (Wildman–Crippen LogP) is 5.60. The fraction of sp³-hybridized carbons (Fsp3) is 0.273. The van der Waals surface area contributed by atoms with Crippen LogP contribution in [0.5, 0.6) is 0 Å². The Hall–Kier alpha value is -3.16.